The first-order chi connectivity index (χ1) is 15.7. The highest BCUT2D eigenvalue weighted by Gasteiger charge is 2.17. The van der Waals surface area contributed by atoms with Crippen molar-refractivity contribution in [3.63, 3.8) is 0 Å². The van der Waals surface area contributed by atoms with E-state index in [0.717, 1.165) is 27.8 Å². The highest BCUT2D eigenvalue weighted by Crippen LogP contribution is 2.09. The van der Waals surface area contributed by atoms with Gasteiger partial charge in [-0.05, 0) is 30.5 Å². The molecule has 0 amide bonds. The van der Waals surface area contributed by atoms with Gasteiger partial charge in [0.1, 0.15) is 6.61 Å². The van der Waals surface area contributed by atoms with E-state index < -0.39 is 24.1 Å². The molecule has 182 valence electrons. The molecule has 0 saturated carbocycles. The molecule has 0 spiro atoms. The molecule has 0 aliphatic heterocycles. The Morgan fingerprint density at radius 2 is 1.15 bits per heavy atom. The molecule has 0 saturated heterocycles. The summed E-state index contributed by atoms with van der Waals surface area (Å²) in [5, 5.41) is 27.3. The molecule has 0 aromatic heterocycles. The number of hydrogen-bond acceptors (Lipinski definition) is 5. The maximum Gasteiger partial charge on any atom is 0.335 e. The molecule has 3 rings (SSSR count). The maximum absolute atomic E-state index is 11.7. The Balaban J connectivity index is 0.000000360. The molecular formula is C28H34O6. The zero-order chi connectivity index (χ0) is 24.2. The van der Waals surface area contributed by atoms with Crippen molar-refractivity contribution in [3.8, 4) is 0 Å². The lowest BCUT2D eigenvalue weighted by molar-refractivity contribution is -0.154. The fourth-order valence-electron chi connectivity index (χ4n) is 2.89. The summed E-state index contributed by atoms with van der Waals surface area (Å²) < 4.78 is 5.10. The van der Waals surface area contributed by atoms with Gasteiger partial charge in [0.05, 0.1) is 0 Å². The van der Waals surface area contributed by atoms with Gasteiger partial charge in [-0.25, -0.2) is 9.59 Å². The summed E-state index contributed by atoms with van der Waals surface area (Å²) in [5.74, 6) is -1.77. The van der Waals surface area contributed by atoms with E-state index in [1.54, 1.807) is 0 Å². The second-order valence-corrected chi connectivity index (χ2v) is 7.84. The quantitative estimate of drug-likeness (QED) is 0.429. The van der Waals surface area contributed by atoms with Crippen LogP contribution in [0.15, 0.2) is 78.9 Å². The van der Waals surface area contributed by atoms with E-state index in [4.69, 9.17) is 14.9 Å². The summed E-state index contributed by atoms with van der Waals surface area (Å²) in [6, 6.07) is 24.6. The van der Waals surface area contributed by atoms with Gasteiger partial charge in [0.15, 0.2) is 12.2 Å². The average molecular weight is 467 g/mol. The number of aliphatic carboxylic acids is 1. The van der Waals surface area contributed by atoms with Crippen LogP contribution in [0.4, 0.5) is 0 Å². The topological polar surface area (TPSA) is 104 Å². The van der Waals surface area contributed by atoms with Gasteiger partial charge in [-0.2, -0.15) is 0 Å². The van der Waals surface area contributed by atoms with Crippen molar-refractivity contribution in [2.45, 2.75) is 52.9 Å². The standard InChI is InChI=1S/C17H18O3.C10H12O3.CH4/c1-13-7-9-14(10-8-13)11-16(18)17(19)20-12-15-5-3-2-4-6-15;1-7-2-4-8(5-3-7)6-9(11)10(12)13;/h2-10,16,18H,11-12H2,1H3;2-5,9,11H,6H2,1H3,(H,12,13);1H4/t16-;9-;/m11./s1. The van der Waals surface area contributed by atoms with Crippen molar-refractivity contribution in [1.29, 1.82) is 0 Å². The number of aliphatic hydroxyl groups excluding tert-OH is 2. The number of benzene rings is 3. The first kappa shape index (κ1) is 28.6. The number of carbonyl (C=O) groups is 2. The number of ether oxygens (including phenoxy) is 1. The van der Waals surface area contributed by atoms with E-state index in [-0.39, 0.29) is 26.9 Å². The van der Waals surface area contributed by atoms with Crippen LogP contribution >= 0.6 is 0 Å². The number of carboxylic acid groups (broad SMARTS) is 1. The lowest BCUT2D eigenvalue weighted by Crippen LogP contribution is -2.25. The van der Waals surface area contributed by atoms with Crippen molar-refractivity contribution < 1.29 is 29.6 Å². The fraction of sp³-hybridized carbons (Fsp3) is 0.286. The number of aliphatic hydroxyl groups is 2. The highest BCUT2D eigenvalue weighted by atomic mass is 16.5. The van der Waals surface area contributed by atoms with E-state index in [2.05, 4.69) is 0 Å². The van der Waals surface area contributed by atoms with Crippen LogP contribution < -0.4 is 0 Å². The molecule has 0 aliphatic carbocycles. The van der Waals surface area contributed by atoms with Gasteiger partial charge in [0, 0.05) is 12.8 Å². The molecule has 0 radical (unpaired) electrons. The van der Waals surface area contributed by atoms with Crippen LogP contribution in [-0.2, 0) is 33.8 Å². The zero-order valence-corrected chi connectivity index (χ0v) is 18.8. The lowest BCUT2D eigenvalue weighted by Gasteiger charge is -2.11. The van der Waals surface area contributed by atoms with Crippen molar-refractivity contribution in [1.82, 2.24) is 0 Å². The van der Waals surface area contributed by atoms with Crippen molar-refractivity contribution >= 4 is 11.9 Å². The van der Waals surface area contributed by atoms with Crippen LogP contribution in [0.2, 0.25) is 0 Å². The molecule has 0 unspecified atom stereocenters. The molecular weight excluding hydrogens is 432 g/mol. The molecule has 34 heavy (non-hydrogen) atoms. The Morgan fingerprint density at radius 3 is 1.59 bits per heavy atom. The van der Waals surface area contributed by atoms with E-state index in [9.17, 15) is 14.7 Å². The minimum atomic E-state index is -1.30. The van der Waals surface area contributed by atoms with E-state index in [0.29, 0.717) is 0 Å². The molecule has 0 bridgehead atoms. The third-order valence-electron chi connectivity index (χ3n) is 4.88. The SMILES string of the molecule is C.Cc1ccc(C[C@@H](O)C(=O)O)cc1.Cc1ccc(C[C@@H](O)C(=O)OCc2ccccc2)cc1. The van der Waals surface area contributed by atoms with Gasteiger partial charge in [0.2, 0.25) is 0 Å². The molecule has 6 heteroatoms. The summed E-state index contributed by atoms with van der Waals surface area (Å²) in [5.41, 5.74) is 4.92. The molecule has 0 aliphatic rings. The van der Waals surface area contributed by atoms with E-state index in [1.807, 2.05) is 92.7 Å². The van der Waals surface area contributed by atoms with Crippen LogP contribution in [0, 0.1) is 13.8 Å². The summed E-state index contributed by atoms with van der Waals surface area (Å²) >= 11 is 0. The summed E-state index contributed by atoms with van der Waals surface area (Å²) in [7, 11) is 0. The van der Waals surface area contributed by atoms with E-state index in [1.165, 1.54) is 0 Å². The van der Waals surface area contributed by atoms with Crippen LogP contribution in [0.5, 0.6) is 0 Å². The van der Waals surface area contributed by atoms with Gasteiger partial charge in [-0.1, -0.05) is 97.4 Å². The Kier molecular flexibility index (Phi) is 12.3. The Bertz CT molecular complexity index is 997. The Hall–Kier alpha value is -3.48. The summed E-state index contributed by atoms with van der Waals surface area (Å²) in [4.78, 5) is 22.0. The number of esters is 1. The molecule has 0 heterocycles. The minimum absolute atomic E-state index is 0. The largest absolute Gasteiger partial charge is 0.479 e. The second kappa shape index (κ2) is 14.6. The number of aryl methyl sites for hydroxylation is 2. The highest BCUT2D eigenvalue weighted by molar-refractivity contribution is 5.74. The van der Waals surface area contributed by atoms with Gasteiger partial charge >= 0.3 is 11.9 Å². The fourth-order valence-corrected chi connectivity index (χ4v) is 2.89. The monoisotopic (exact) mass is 466 g/mol. The lowest BCUT2D eigenvalue weighted by atomic mass is 10.1. The van der Waals surface area contributed by atoms with Gasteiger partial charge in [-0.3, -0.25) is 0 Å². The smallest absolute Gasteiger partial charge is 0.335 e. The number of carboxylic acids is 1. The second-order valence-electron chi connectivity index (χ2n) is 7.84. The van der Waals surface area contributed by atoms with Crippen LogP contribution in [-0.4, -0.2) is 39.5 Å². The Labute approximate surface area is 201 Å². The average Bonchev–Trinajstić information content (AvgIpc) is 2.81. The van der Waals surface area contributed by atoms with Gasteiger partial charge < -0.3 is 20.1 Å². The third kappa shape index (κ3) is 10.4. The first-order valence-corrected chi connectivity index (χ1v) is 10.6. The van der Waals surface area contributed by atoms with Gasteiger partial charge in [-0.15, -0.1) is 0 Å². The number of rotatable bonds is 8. The Morgan fingerprint density at radius 1 is 0.706 bits per heavy atom. The minimum Gasteiger partial charge on any atom is -0.479 e. The molecule has 3 aromatic rings. The third-order valence-corrected chi connectivity index (χ3v) is 4.88. The van der Waals surface area contributed by atoms with Gasteiger partial charge in [0.25, 0.3) is 0 Å². The van der Waals surface area contributed by atoms with Crippen LogP contribution in [0.3, 0.4) is 0 Å². The molecule has 3 N–H and O–H groups in total. The normalized spacial score (nSPS) is 11.8. The van der Waals surface area contributed by atoms with Crippen molar-refractivity contribution in [2.75, 3.05) is 0 Å². The number of carbonyl (C=O) groups excluding carboxylic acids is 1. The van der Waals surface area contributed by atoms with Crippen LogP contribution in [0.1, 0.15) is 35.2 Å². The zero-order valence-electron chi connectivity index (χ0n) is 18.8. The van der Waals surface area contributed by atoms with Crippen molar-refractivity contribution in [2.24, 2.45) is 0 Å². The maximum atomic E-state index is 11.7. The predicted octanol–water partition coefficient (Wildman–Crippen LogP) is 4.26. The summed E-state index contributed by atoms with van der Waals surface area (Å²) in [6.07, 6.45) is -1.99. The molecule has 0 fully saturated rings. The summed E-state index contributed by atoms with van der Waals surface area (Å²) in [6.45, 7) is 4.14. The van der Waals surface area contributed by atoms with E-state index >= 15 is 0 Å². The van der Waals surface area contributed by atoms with Crippen LogP contribution in [0.25, 0.3) is 0 Å². The molecule has 2 atom stereocenters. The first-order valence-electron chi connectivity index (χ1n) is 10.6. The molecule has 6 nitrogen and oxygen atoms in total. The number of hydrogen-bond donors (Lipinski definition) is 3. The predicted molar refractivity (Wildman–Crippen MR) is 132 cm³/mol. The van der Waals surface area contributed by atoms with Crippen molar-refractivity contribution in [3.05, 3.63) is 107 Å². The molecule has 3 aromatic carbocycles.